The third-order valence-electron chi connectivity index (χ3n) is 1.85. The van der Waals surface area contributed by atoms with Crippen molar-refractivity contribution in [2.45, 2.75) is 19.1 Å². The number of ether oxygens (including phenoxy) is 1. The lowest BCUT2D eigenvalue weighted by Gasteiger charge is -2.15. The van der Waals surface area contributed by atoms with Crippen LogP contribution in [0.5, 0.6) is 0 Å². The normalized spacial score (nSPS) is 14.6. The van der Waals surface area contributed by atoms with Crippen LogP contribution in [-0.4, -0.2) is 23.7 Å². The summed E-state index contributed by atoms with van der Waals surface area (Å²) in [5.41, 5.74) is 5.59. The van der Waals surface area contributed by atoms with Gasteiger partial charge in [0, 0.05) is 9.35 Å². The Morgan fingerprint density at radius 1 is 1.69 bits per heavy atom. The predicted octanol–water partition coefficient (Wildman–Crippen LogP) is 2.20. The van der Waals surface area contributed by atoms with Gasteiger partial charge in [-0.3, -0.25) is 4.79 Å². The fourth-order valence-corrected chi connectivity index (χ4v) is 3.18. The van der Waals surface area contributed by atoms with Crippen molar-refractivity contribution in [1.29, 1.82) is 0 Å². The SMILES string of the molecule is CCOC(=O)C(N)C(O)c1cc(Br)c(Br)s1. The van der Waals surface area contributed by atoms with Gasteiger partial charge in [-0.25, -0.2) is 0 Å². The molecule has 0 radical (unpaired) electrons. The summed E-state index contributed by atoms with van der Waals surface area (Å²) in [6, 6.07) is 0.663. The molecule has 1 aromatic heterocycles. The summed E-state index contributed by atoms with van der Waals surface area (Å²) in [5, 5.41) is 9.87. The summed E-state index contributed by atoms with van der Waals surface area (Å²) in [4.78, 5) is 11.9. The molecule has 0 saturated heterocycles. The first-order chi connectivity index (χ1) is 7.47. The zero-order valence-electron chi connectivity index (χ0n) is 8.44. The highest BCUT2D eigenvalue weighted by atomic mass is 79.9. The van der Waals surface area contributed by atoms with Crippen molar-refractivity contribution in [1.82, 2.24) is 0 Å². The van der Waals surface area contributed by atoms with E-state index in [9.17, 15) is 9.90 Å². The third kappa shape index (κ3) is 3.27. The zero-order valence-corrected chi connectivity index (χ0v) is 12.4. The molecule has 0 amide bonds. The fourth-order valence-electron chi connectivity index (χ4n) is 1.05. The number of nitrogens with two attached hydrogens (primary N) is 1. The summed E-state index contributed by atoms with van der Waals surface area (Å²) in [6.07, 6.45) is -1.05. The van der Waals surface area contributed by atoms with Crippen LogP contribution in [0.3, 0.4) is 0 Å². The van der Waals surface area contributed by atoms with E-state index in [2.05, 4.69) is 31.9 Å². The summed E-state index contributed by atoms with van der Waals surface area (Å²) in [7, 11) is 0. The maximum Gasteiger partial charge on any atom is 0.326 e. The number of esters is 1. The average Bonchev–Trinajstić information content (AvgIpc) is 2.57. The number of hydrogen-bond acceptors (Lipinski definition) is 5. The number of aliphatic hydroxyl groups is 1. The number of aliphatic hydroxyl groups excluding tert-OH is 1. The van der Waals surface area contributed by atoms with Crippen LogP contribution in [0.4, 0.5) is 0 Å². The number of carbonyl (C=O) groups excluding carboxylic acids is 1. The number of rotatable bonds is 4. The van der Waals surface area contributed by atoms with E-state index in [1.807, 2.05) is 0 Å². The topological polar surface area (TPSA) is 72.5 Å². The molecule has 0 aromatic carbocycles. The molecule has 0 aliphatic heterocycles. The molecule has 0 fully saturated rings. The molecule has 0 spiro atoms. The van der Waals surface area contributed by atoms with E-state index in [1.165, 1.54) is 11.3 Å². The van der Waals surface area contributed by atoms with Gasteiger partial charge in [0.25, 0.3) is 0 Å². The predicted molar refractivity (Wildman–Crippen MR) is 69.3 cm³/mol. The molecule has 0 aliphatic carbocycles. The van der Waals surface area contributed by atoms with Crippen LogP contribution in [0.15, 0.2) is 14.3 Å². The van der Waals surface area contributed by atoms with E-state index >= 15 is 0 Å². The molecule has 2 atom stereocenters. The molecule has 0 aliphatic rings. The summed E-state index contributed by atoms with van der Waals surface area (Å²) in [6.45, 7) is 1.94. The largest absolute Gasteiger partial charge is 0.465 e. The maximum absolute atomic E-state index is 11.3. The Kier molecular flexibility index (Phi) is 5.39. The Morgan fingerprint density at radius 3 is 2.75 bits per heavy atom. The Balaban J connectivity index is 2.77. The van der Waals surface area contributed by atoms with Gasteiger partial charge in [-0.05, 0) is 44.8 Å². The minimum Gasteiger partial charge on any atom is -0.465 e. The lowest BCUT2D eigenvalue weighted by molar-refractivity contribution is -0.147. The second-order valence-electron chi connectivity index (χ2n) is 2.99. The van der Waals surface area contributed by atoms with Gasteiger partial charge in [0.1, 0.15) is 12.1 Å². The lowest BCUT2D eigenvalue weighted by atomic mass is 10.1. The van der Waals surface area contributed by atoms with Crippen LogP contribution in [0.1, 0.15) is 17.9 Å². The quantitative estimate of drug-likeness (QED) is 0.794. The van der Waals surface area contributed by atoms with E-state index in [1.54, 1.807) is 13.0 Å². The highest BCUT2D eigenvalue weighted by Gasteiger charge is 2.27. The van der Waals surface area contributed by atoms with E-state index in [0.29, 0.717) is 4.88 Å². The third-order valence-corrected chi connectivity index (χ3v) is 5.18. The molecule has 3 N–H and O–H groups in total. The van der Waals surface area contributed by atoms with Crippen LogP contribution in [0.25, 0.3) is 0 Å². The standard InChI is InChI=1S/C9H11Br2NO3S/c1-2-15-9(14)6(12)7(13)5-3-4(10)8(11)16-5/h3,6-7,13H,2,12H2,1H3. The van der Waals surface area contributed by atoms with E-state index < -0.39 is 18.1 Å². The molecule has 2 unspecified atom stereocenters. The van der Waals surface area contributed by atoms with Crippen molar-refractivity contribution in [3.63, 3.8) is 0 Å². The molecule has 0 bridgehead atoms. The summed E-state index contributed by atoms with van der Waals surface area (Å²) >= 11 is 7.92. The van der Waals surface area contributed by atoms with Crippen molar-refractivity contribution in [3.8, 4) is 0 Å². The van der Waals surface area contributed by atoms with Gasteiger partial charge in [-0.1, -0.05) is 0 Å². The Bertz CT molecular complexity index is 363. The summed E-state index contributed by atoms with van der Waals surface area (Å²) in [5.74, 6) is -0.601. The summed E-state index contributed by atoms with van der Waals surface area (Å²) < 4.78 is 6.41. The smallest absolute Gasteiger partial charge is 0.326 e. The molecule has 7 heteroatoms. The monoisotopic (exact) mass is 371 g/mol. The lowest BCUT2D eigenvalue weighted by Crippen LogP contribution is -2.37. The second kappa shape index (κ2) is 6.11. The van der Waals surface area contributed by atoms with Crippen molar-refractivity contribution in [2.75, 3.05) is 6.61 Å². The first-order valence-corrected chi connectivity index (χ1v) is 6.92. The van der Waals surface area contributed by atoms with Gasteiger partial charge < -0.3 is 15.6 Å². The Hall–Kier alpha value is 0.0500. The maximum atomic E-state index is 11.3. The van der Waals surface area contributed by atoms with Crippen molar-refractivity contribution < 1.29 is 14.6 Å². The van der Waals surface area contributed by atoms with Gasteiger partial charge in [0.15, 0.2) is 0 Å². The highest BCUT2D eigenvalue weighted by Crippen LogP contribution is 2.36. The first kappa shape index (κ1) is 14.1. The number of carbonyl (C=O) groups is 1. The fraction of sp³-hybridized carbons (Fsp3) is 0.444. The number of halogens is 2. The van der Waals surface area contributed by atoms with Crippen molar-refractivity contribution in [2.24, 2.45) is 5.73 Å². The van der Waals surface area contributed by atoms with Crippen molar-refractivity contribution >= 4 is 49.2 Å². The zero-order chi connectivity index (χ0) is 12.3. The van der Waals surface area contributed by atoms with E-state index in [-0.39, 0.29) is 6.61 Å². The molecule has 16 heavy (non-hydrogen) atoms. The van der Waals surface area contributed by atoms with Gasteiger partial charge in [0.2, 0.25) is 0 Å². The number of thiophene rings is 1. The van der Waals surface area contributed by atoms with Gasteiger partial charge >= 0.3 is 5.97 Å². The Morgan fingerprint density at radius 2 is 2.31 bits per heavy atom. The van der Waals surface area contributed by atoms with E-state index in [0.717, 1.165) is 8.26 Å². The second-order valence-corrected chi connectivity index (χ2v) is 6.25. The highest BCUT2D eigenvalue weighted by molar-refractivity contribution is 9.13. The van der Waals surface area contributed by atoms with E-state index in [4.69, 9.17) is 10.5 Å². The van der Waals surface area contributed by atoms with Crippen molar-refractivity contribution in [3.05, 3.63) is 19.2 Å². The molecular formula is C9H11Br2NO3S. The first-order valence-electron chi connectivity index (χ1n) is 4.52. The van der Waals surface area contributed by atoms with Crippen LogP contribution in [0.2, 0.25) is 0 Å². The van der Waals surface area contributed by atoms with Crippen LogP contribution >= 0.6 is 43.2 Å². The molecule has 0 saturated carbocycles. The molecule has 1 heterocycles. The van der Waals surface area contributed by atoms with Gasteiger partial charge in [-0.15, -0.1) is 11.3 Å². The minimum atomic E-state index is -1.06. The molecule has 90 valence electrons. The molecular weight excluding hydrogens is 362 g/mol. The Labute approximate surface area is 114 Å². The van der Waals surface area contributed by atoms with Crippen LogP contribution in [-0.2, 0) is 9.53 Å². The molecule has 1 rings (SSSR count). The van der Waals surface area contributed by atoms with Gasteiger partial charge in [-0.2, -0.15) is 0 Å². The molecule has 1 aromatic rings. The van der Waals surface area contributed by atoms with Crippen LogP contribution < -0.4 is 5.73 Å². The van der Waals surface area contributed by atoms with Crippen LogP contribution in [0, 0.1) is 0 Å². The molecule has 4 nitrogen and oxygen atoms in total. The number of hydrogen-bond donors (Lipinski definition) is 2. The average molecular weight is 373 g/mol. The van der Waals surface area contributed by atoms with Gasteiger partial charge in [0.05, 0.1) is 10.4 Å². The minimum absolute atomic E-state index is 0.247.